The predicted octanol–water partition coefficient (Wildman–Crippen LogP) is 1.31. The van der Waals surface area contributed by atoms with E-state index in [-0.39, 0.29) is 10.3 Å². The third-order valence-electron chi connectivity index (χ3n) is 3.24. The monoisotopic (exact) mass is 316 g/mol. The molecule has 0 unspecified atom stereocenters. The van der Waals surface area contributed by atoms with Crippen molar-refractivity contribution in [1.82, 2.24) is 4.31 Å². The molecule has 0 atom stereocenters. The molecule has 0 aliphatic carbocycles. The summed E-state index contributed by atoms with van der Waals surface area (Å²) in [6.45, 7) is 4.57. The van der Waals surface area contributed by atoms with E-state index >= 15 is 0 Å². The predicted molar refractivity (Wildman–Crippen MR) is 82.2 cm³/mol. The second-order valence-corrected chi connectivity index (χ2v) is 7.72. The summed E-state index contributed by atoms with van der Waals surface area (Å²) in [5.41, 5.74) is 5.37. The van der Waals surface area contributed by atoms with Crippen molar-refractivity contribution < 1.29 is 17.9 Å². The minimum absolute atomic E-state index is 0.133. The number of nitrogens with two attached hydrogens (primary N) is 1. The SMILES string of the molecule is COc1cc(OC)cc(S(=O)(=O)N(C)CC(C)(C)CN)c1. The van der Waals surface area contributed by atoms with Crippen LogP contribution in [0.2, 0.25) is 0 Å². The van der Waals surface area contributed by atoms with Crippen molar-refractivity contribution in [2.24, 2.45) is 11.1 Å². The summed E-state index contributed by atoms with van der Waals surface area (Å²) in [7, 11) is 0.868. The Morgan fingerprint density at radius 2 is 1.62 bits per heavy atom. The van der Waals surface area contributed by atoms with Gasteiger partial charge in [-0.15, -0.1) is 0 Å². The maximum atomic E-state index is 12.6. The van der Waals surface area contributed by atoms with Gasteiger partial charge in [-0.05, 0) is 12.0 Å². The molecule has 2 N–H and O–H groups in total. The van der Waals surface area contributed by atoms with Crippen molar-refractivity contribution in [1.29, 1.82) is 0 Å². The molecule has 0 aromatic heterocycles. The number of rotatable bonds is 7. The van der Waals surface area contributed by atoms with Gasteiger partial charge in [0.15, 0.2) is 0 Å². The lowest BCUT2D eigenvalue weighted by atomic mass is 9.94. The molecule has 0 bridgehead atoms. The van der Waals surface area contributed by atoms with E-state index in [1.54, 1.807) is 13.1 Å². The van der Waals surface area contributed by atoms with Crippen LogP contribution < -0.4 is 15.2 Å². The van der Waals surface area contributed by atoms with Crippen LogP contribution >= 0.6 is 0 Å². The first-order chi connectivity index (χ1) is 9.66. The molecule has 0 radical (unpaired) electrons. The minimum Gasteiger partial charge on any atom is -0.497 e. The van der Waals surface area contributed by atoms with Gasteiger partial charge in [0.05, 0.1) is 19.1 Å². The zero-order valence-electron chi connectivity index (χ0n) is 13.2. The smallest absolute Gasteiger partial charge is 0.243 e. The zero-order valence-corrected chi connectivity index (χ0v) is 14.0. The maximum absolute atomic E-state index is 12.6. The van der Waals surface area contributed by atoms with Crippen LogP contribution in [0.1, 0.15) is 13.8 Å². The fourth-order valence-corrected chi connectivity index (χ4v) is 3.27. The van der Waals surface area contributed by atoms with Crippen molar-refractivity contribution in [3.8, 4) is 11.5 Å². The molecular formula is C14H24N2O4S. The highest BCUT2D eigenvalue weighted by Gasteiger charge is 2.28. The number of hydrogen-bond donors (Lipinski definition) is 1. The molecule has 0 fully saturated rings. The summed E-state index contributed by atoms with van der Waals surface area (Å²) in [6, 6.07) is 4.58. The average molecular weight is 316 g/mol. The molecule has 0 heterocycles. The third-order valence-corrected chi connectivity index (χ3v) is 5.02. The average Bonchev–Trinajstić information content (AvgIpc) is 2.46. The van der Waals surface area contributed by atoms with Gasteiger partial charge in [-0.1, -0.05) is 13.8 Å². The van der Waals surface area contributed by atoms with Crippen LogP contribution in [0, 0.1) is 5.41 Å². The Bertz CT molecular complexity index is 562. The Morgan fingerprint density at radius 3 is 2.00 bits per heavy atom. The maximum Gasteiger partial charge on any atom is 0.243 e. The Morgan fingerprint density at radius 1 is 1.14 bits per heavy atom. The Hall–Kier alpha value is -1.31. The highest BCUT2D eigenvalue weighted by molar-refractivity contribution is 7.89. The van der Waals surface area contributed by atoms with Gasteiger partial charge in [0.25, 0.3) is 0 Å². The number of nitrogens with zero attached hydrogens (tertiary/aromatic N) is 1. The second kappa shape index (κ2) is 6.64. The standard InChI is InChI=1S/C14H24N2O4S/c1-14(2,9-15)10-16(3)21(17,18)13-7-11(19-4)6-12(8-13)20-5/h6-8H,9-10,15H2,1-5H3. The van der Waals surface area contributed by atoms with E-state index < -0.39 is 10.0 Å². The Labute approximate surface area is 126 Å². The van der Waals surface area contributed by atoms with Crippen LogP contribution in [0.3, 0.4) is 0 Å². The van der Waals surface area contributed by atoms with Crippen LogP contribution in [0.5, 0.6) is 11.5 Å². The molecule has 1 aromatic carbocycles. The summed E-state index contributed by atoms with van der Waals surface area (Å²) < 4.78 is 36.8. The molecule has 0 amide bonds. The van der Waals surface area contributed by atoms with E-state index in [9.17, 15) is 8.42 Å². The van der Waals surface area contributed by atoms with Crippen molar-refractivity contribution in [3.05, 3.63) is 18.2 Å². The molecule has 1 rings (SSSR count). The molecule has 21 heavy (non-hydrogen) atoms. The van der Waals surface area contributed by atoms with E-state index in [1.807, 2.05) is 13.8 Å². The number of methoxy groups -OCH3 is 2. The minimum atomic E-state index is -3.63. The van der Waals surface area contributed by atoms with Gasteiger partial charge in [-0.3, -0.25) is 0 Å². The topological polar surface area (TPSA) is 81.9 Å². The molecular weight excluding hydrogens is 292 g/mol. The van der Waals surface area contributed by atoms with Crippen molar-refractivity contribution >= 4 is 10.0 Å². The number of sulfonamides is 1. The van der Waals surface area contributed by atoms with Crippen molar-refractivity contribution in [2.45, 2.75) is 18.7 Å². The largest absolute Gasteiger partial charge is 0.497 e. The molecule has 0 spiro atoms. The number of benzene rings is 1. The van der Waals surface area contributed by atoms with Crippen LogP contribution in [0.4, 0.5) is 0 Å². The van der Waals surface area contributed by atoms with Gasteiger partial charge in [0.1, 0.15) is 11.5 Å². The van der Waals surface area contributed by atoms with Crippen LogP contribution in [-0.2, 0) is 10.0 Å². The molecule has 0 saturated heterocycles. The van der Waals surface area contributed by atoms with Crippen LogP contribution in [0.15, 0.2) is 23.1 Å². The first-order valence-electron chi connectivity index (χ1n) is 6.56. The lowest BCUT2D eigenvalue weighted by Gasteiger charge is -2.28. The van der Waals surface area contributed by atoms with E-state index in [2.05, 4.69) is 0 Å². The Kier molecular flexibility index (Phi) is 5.61. The number of ether oxygens (including phenoxy) is 2. The van der Waals surface area contributed by atoms with Crippen LogP contribution in [0.25, 0.3) is 0 Å². The van der Waals surface area contributed by atoms with Gasteiger partial charge < -0.3 is 15.2 Å². The van der Waals surface area contributed by atoms with E-state index in [0.717, 1.165) is 0 Å². The number of hydrogen-bond acceptors (Lipinski definition) is 5. The fraction of sp³-hybridized carbons (Fsp3) is 0.571. The first-order valence-corrected chi connectivity index (χ1v) is 8.00. The lowest BCUT2D eigenvalue weighted by Crippen LogP contribution is -2.39. The van der Waals surface area contributed by atoms with Crippen molar-refractivity contribution in [2.75, 3.05) is 34.4 Å². The third kappa shape index (κ3) is 4.33. The quantitative estimate of drug-likeness (QED) is 0.820. The zero-order chi connectivity index (χ0) is 16.3. The molecule has 0 aliphatic heterocycles. The van der Waals surface area contributed by atoms with Crippen LogP contribution in [-0.4, -0.2) is 47.1 Å². The fourth-order valence-electron chi connectivity index (χ4n) is 1.86. The van der Waals surface area contributed by atoms with E-state index in [4.69, 9.17) is 15.2 Å². The second-order valence-electron chi connectivity index (χ2n) is 5.68. The van der Waals surface area contributed by atoms with E-state index in [1.165, 1.54) is 30.7 Å². The molecule has 0 saturated carbocycles. The molecule has 7 heteroatoms. The molecule has 120 valence electrons. The van der Waals surface area contributed by atoms with Gasteiger partial charge in [0, 0.05) is 31.8 Å². The summed E-state index contributed by atoms with van der Waals surface area (Å²) >= 11 is 0. The van der Waals surface area contributed by atoms with Gasteiger partial charge >= 0.3 is 0 Å². The molecule has 1 aromatic rings. The molecule has 6 nitrogen and oxygen atoms in total. The van der Waals surface area contributed by atoms with Gasteiger partial charge in [-0.2, -0.15) is 0 Å². The molecule has 0 aliphatic rings. The summed E-state index contributed by atoms with van der Waals surface area (Å²) in [5, 5.41) is 0. The highest BCUT2D eigenvalue weighted by atomic mass is 32.2. The lowest BCUT2D eigenvalue weighted by molar-refractivity contribution is 0.291. The van der Waals surface area contributed by atoms with Gasteiger partial charge in [-0.25, -0.2) is 12.7 Å². The van der Waals surface area contributed by atoms with Gasteiger partial charge in [0.2, 0.25) is 10.0 Å². The van der Waals surface area contributed by atoms with E-state index in [0.29, 0.717) is 24.6 Å². The van der Waals surface area contributed by atoms with Crippen molar-refractivity contribution in [3.63, 3.8) is 0 Å². The normalized spacial score (nSPS) is 12.5. The Balaban J connectivity index is 3.18. The summed E-state index contributed by atoms with van der Waals surface area (Å²) in [4.78, 5) is 0.133. The highest BCUT2D eigenvalue weighted by Crippen LogP contribution is 2.28. The first kappa shape index (κ1) is 17.7. The summed E-state index contributed by atoms with van der Waals surface area (Å²) in [5.74, 6) is 0.860. The summed E-state index contributed by atoms with van der Waals surface area (Å²) in [6.07, 6.45) is 0.